The lowest BCUT2D eigenvalue weighted by atomic mass is 9.85. The molecule has 1 rings (SSSR count). The first-order valence-corrected chi connectivity index (χ1v) is 7.35. The van der Waals surface area contributed by atoms with Gasteiger partial charge in [-0.1, -0.05) is 52.9 Å². The molecule has 4 heteroatoms. The summed E-state index contributed by atoms with van der Waals surface area (Å²) in [7, 11) is 0. The Kier molecular flexibility index (Phi) is 5.83. The van der Waals surface area contributed by atoms with Crippen molar-refractivity contribution >= 4 is 11.9 Å². The largest absolute Gasteiger partial charge is 0.480 e. The maximum atomic E-state index is 12.3. The zero-order valence-corrected chi connectivity index (χ0v) is 12.4. The van der Waals surface area contributed by atoms with Gasteiger partial charge >= 0.3 is 5.97 Å². The predicted octanol–water partition coefficient (Wildman–Crippen LogP) is 2.96. The van der Waals surface area contributed by atoms with E-state index in [0.29, 0.717) is 0 Å². The number of amides is 1. The van der Waals surface area contributed by atoms with Gasteiger partial charge in [-0.3, -0.25) is 4.79 Å². The Bertz CT molecular complexity index is 312. The van der Waals surface area contributed by atoms with Gasteiger partial charge in [-0.15, -0.1) is 0 Å². The first-order valence-electron chi connectivity index (χ1n) is 7.35. The van der Waals surface area contributed by atoms with Crippen molar-refractivity contribution in [1.29, 1.82) is 0 Å². The fourth-order valence-electron chi connectivity index (χ4n) is 2.63. The molecule has 1 amide bonds. The fourth-order valence-corrected chi connectivity index (χ4v) is 2.63. The van der Waals surface area contributed by atoms with Crippen LogP contribution in [-0.4, -0.2) is 23.0 Å². The highest BCUT2D eigenvalue weighted by molar-refractivity contribution is 5.85. The second-order valence-electron chi connectivity index (χ2n) is 6.69. The van der Waals surface area contributed by atoms with Gasteiger partial charge < -0.3 is 10.4 Å². The third-order valence-corrected chi connectivity index (χ3v) is 3.88. The summed E-state index contributed by atoms with van der Waals surface area (Å²) in [5.41, 5.74) is -0.469. The van der Waals surface area contributed by atoms with Crippen LogP contribution in [0.3, 0.4) is 0 Å². The third kappa shape index (κ3) is 5.21. The molecule has 110 valence electrons. The monoisotopic (exact) mass is 269 g/mol. The number of hydrogen-bond donors (Lipinski definition) is 2. The first kappa shape index (κ1) is 16.0. The molecule has 1 saturated carbocycles. The Morgan fingerprint density at radius 2 is 1.53 bits per heavy atom. The molecule has 0 bridgehead atoms. The Morgan fingerprint density at radius 1 is 1.05 bits per heavy atom. The number of rotatable bonds is 3. The standard InChI is InChI=1S/C15H27NO3/c1-15(2,3)12(14(18)19)16-13(17)11-9-7-5-4-6-8-10-11/h11-12H,4-10H2,1-3H3,(H,16,17)(H,18,19)/t12-/m1/s1. The van der Waals surface area contributed by atoms with Crippen molar-refractivity contribution in [2.24, 2.45) is 11.3 Å². The Morgan fingerprint density at radius 3 is 1.95 bits per heavy atom. The van der Waals surface area contributed by atoms with Gasteiger partial charge in [-0.2, -0.15) is 0 Å². The average Bonchev–Trinajstić information content (AvgIpc) is 2.22. The molecule has 2 N–H and O–H groups in total. The van der Waals surface area contributed by atoms with Crippen molar-refractivity contribution in [3.63, 3.8) is 0 Å². The molecule has 0 aromatic heterocycles. The van der Waals surface area contributed by atoms with E-state index in [9.17, 15) is 14.7 Å². The van der Waals surface area contributed by atoms with Crippen LogP contribution in [0.2, 0.25) is 0 Å². The summed E-state index contributed by atoms with van der Waals surface area (Å²) in [6.45, 7) is 5.51. The lowest BCUT2D eigenvalue weighted by molar-refractivity contribution is -0.145. The molecule has 1 aliphatic carbocycles. The number of carbonyl (C=O) groups is 2. The number of carbonyl (C=O) groups excluding carboxylic acids is 1. The van der Waals surface area contributed by atoms with Gasteiger partial charge in [0.2, 0.25) is 5.91 Å². The number of carboxylic acids is 1. The van der Waals surface area contributed by atoms with Crippen molar-refractivity contribution in [2.45, 2.75) is 71.8 Å². The van der Waals surface area contributed by atoms with Crippen molar-refractivity contribution < 1.29 is 14.7 Å². The van der Waals surface area contributed by atoms with E-state index in [-0.39, 0.29) is 11.8 Å². The van der Waals surface area contributed by atoms with Crippen LogP contribution in [-0.2, 0) is 9.59 Å². The quantitative estimate of drug-likeness (QED) is 0.827. The molecule has 4 nitrogen and oxygen atoms in total. The van der Waals surface area contributed by atoms with Gasteiger partial charge in [0, 0.05) is 5.92 Å². The maximum Gasteiger partial charge on any atom is 0.326 e. The Balaban J connectivity index is 2.62. The molecular formula is C15H27NO3. The molecule has 1 fully saturated rings. The summed E-state index contributed by atoms with van der Waals surface area (Å²) >= 11 is 0. The van der Waals surface area contributed by atoms with E-state index in [2.05, 4.69) is 5.32 Å². The third-order valence-electron chi connectivity index (χ3n) is 3.88. The molecule has 0 unspecified atom stereocenters. The van der Waals surface area contributed by atoms with E-state index >= 15 is 0 Å². The second kappa shape index (κ2) is 6.92. The van der Waals surface area contributed by atoms with E-state index < -0.39 is 17.4 Å². The Hall–Kier alpha value is -1.06. The van der Waals surface area contributed by atoms with Crippen molar-refractivity contribution in [3.05, 3.63) is 0 Å². The fraction of sp³-hybridized carbons (Fsp3) is 0.867. The smallest absolute Gasteiger partial charge is 0.326 e. The minimum Gasteiger partial charge on any atom is -0.480 e. The van der Waals surface area contributed by atoms with Crippen LogP contribution in [0.15, 0.2) is 0 Å². The number of nitrogens with one attached hydrogen (secondary N) is 1. The number of aliphatic carboxylic acids is 1. The van der Waals surface area contributed by atoms with E-state index in [4.69, 9.17) is 0 Å². The summed E-state index contributed by atoms with van der Waals surface area (Å²) < 4.78 is 0. The van der Waals surface area contributed by atoms with Gasteiger partial charge in [0.1, 0.15) is 6.04 Å². The van der Waals surface area contributed by atoms with Gasteiger partial charge in [-0.05, 0) is 18.3 Å². The highest BCUT2D eigenvalue weighted by atomic mass is 16.4. The molecule has 0 heterocycles. The molecule has 0 saturated heterocycles. The molecule has 0 spiro atoms. The maximum absolute atomic E-state index is 12.3. The molecule has 0 aromatic rings. The van der Waals surface area contributed by atoms with Crippen molar-refractivity contribution in [3.8, 4) is 0 Å². The minimum absolute atomic E-state index is 0.00972. The van der Waals surface area contributed by atoms with Crippen LogP contribution in [0.4, 0.5) is 0 Å². The highest BCUT2D eigenvalue weighted by Gasteiger charge is 2.34. The van der Waals surface area contributed by atoms with Crippen LogP contribution in [0.1, 0.15) is 65.7 Å². The summed E-state index contributed by atoms with van der Waals surface area (Å²) in [6, 6.07) is -0.814. The van der Waals surface area contributed by atoms with Crippen LogP contribution < -0.4 is 5.32 Å². The second-order valence-corrected chi connectivity index (χ2v) is 6.69. The minimum atomic E-state index is -0.952. The average molecular weight is 269 g/mol. The lowest BCUT2D eigenvalue weighted by Crippen LogP contribution is -2.50. The Labute approximate surface area is 116 Å². The summed E-state index contributed by atoms with van der Waals surface area (Å²) in [5, 5.41) is 12.0. The molecule has 0 aromatic carbocycles. The van der Waals surface area contributed by atoms with Gasteiger partial charge in [0.25, 0.3) is 0 Å². The normalized spacial score (nSPS) is 20.2. The van der Waals surface area contributed by atoms with Crippen molar-refractivity contribution in [1.82, 2.24) is 5.32 Å². The molecule has 0 radical (unpaired) electrons. The van der Waals surface area contributed by atoms with E-state index in [1.54, 1.807) is 0 Å². The van der Waals surface area contributed by atoms with Gasteiger partial charge in [0.05, 0.1) is 0 Å². The van der Waals surface area contributed by atoms with Gasteiger partial charge in [0.15, 0.2) is 0 Å². The zero-order chi connectivity index (χ0) is 14.5. The highest BCUT2D eigenvalue weighted by Crippen LogP contribution is 2.24. The van der Waals surface area contributed by atoms with Crippen LogP contribution in [0, 0.1) is 11.3 Å². The van der Waals surface area contributed by atoms with Crippen molar-refractivity contribution in [2.75, 3.05) is 0 Å². The number of hydrogen-bond acceptors (Lipinski definition) is 2. The number of carboxylic acid groups (broad SMARTS) is 1. The van der Waals surface area contributed by atoms with Crippen LogP contribution >= 0.6 is 0 Å². The molecule has 1 aliphatic rings. The van der Waals surface area contributed by atoms with E-state index in [1.165, 1.54) is 19.3 Å². The molecule has 1 atom stereocenters. The van der Waals surface area contributed by atoms with Crippen LogP contribution in [0.25, 0.3) is 0 Å². The van der Waals surface area contributed by atoms with Gasteiger partial charge in [-0.25, -0.2) is 4.79 Å². The predicted molar refractivity (Wildman–Crippen MR) is 74.8 cm³/mol. The zero-order valence-electron chi connectivity index (χ0n) is 12.4. The molecule has 19 heavy (non-hydrogen) atoms. The summed E-state index contributed by atoms with van der Waals surface area (Å²) in [4.78, 5) is 23.5. The van der Waals surface area contributed by atoms with E-state index in [1.807, 2.05) is 20.8 Å². The topological polar surface area (TPSA) is 66.4 Å². The van der Waals surface area contributed by atoms with E-state index in [0.717, 1.165) is 25.7 Å². The van der Waals surface area contributed by atoms with Crippen LogP contribution in [0.5, 0.6) is 0 Å². The summed E-state index contributed by atoms with van der Waals surface area (Å²) in [6.07, 6.45) is 7.56. The first-order chi connectivity index (χ1) is 8.82. The SMILES string of the molecule is CC(C)(C)[C@H](NC(=O)C1CCCCCCC1)C(=O)O. The molecular weight excluding hydrogens is 242 g/mol. The summed E-state index contributed by atoms with van der Waals surface area (Å²) in [5.74, 6) is -1.04. The lowest BCUT2D eigenvalue weighted by Gasteiger charge is -2.29. The molecule has 0 aliphatic heterocycles.